The fraction of sp³-hybridized carbons (Fsp3) is 0.742. The van der Waals surface area contributed by atoms with Crippen LogP contribution in [-0.2, 0) is 35.3 Å². The van der Waals surface area contributed by atoms with Gasteiger partial charge >= 0.3 is 0 Å². The van der Waals surface area contributed by atoms with Gasteiger partial charge in [0, 0.05) is 64.2 Å². The summed E-state index contributed by atoms with van der Waals surface area (Å²) in [6, 6.07) is 0. The van der Waals surface area contributed by atoms with Gasteiger partial charge in [-0.3, -0.25) is 38.3 Å². The third kappa shape index (κ3) is 9.10. The second-order valence-corrected chi connectivity index (χ2v) is 13.4. The molecule has 6 amide bonds. The number of likely N-dealkylation sites (tertiary alicyclic amines) is 1. The van der Waals surface area contributed by atoms with Crippen molar-refractivity contribution in [2.75, 3.05) is 32.7 Å². The maximum Gasteiger partial charge on any atom is 0.232 e. The molecule has 258 valence electrons. The molecule has 0 aromatic carbocycles. The van der Waals surface area contributed by atoms with Crippen molar-refractivity contribution >= 4 is 35.4 Å². The fourth-order valence-electron chi connectivity index (χ4n) is 5.51. The zero-order valence-corrected chi connectivity index (χ0v) is 28.5. The number of aromatic nitrogens is 3. The number of carbonyl (C=O) groups is 6. The van der Waals surface area contributed by atoms with Crippen molar-refractivity contribution in [3.63, 3.8) is 0 Å². The van der Waals surface area contributed by atoms with Crippen LogP contribution in [0.2, 0.25) is 0 Å². The Morgan fingerprint density at radius 3 is 1.98 bits per heavy atom. The number of imide groups is 1. The van der Waals surface area contributed by atoms with Gasteiger partial charge in [-0.2, -0.15) is 0 Å². The maximum atomic E-state index is 13.8. The van der Waals surface area contributed by atoms with Crippen molar-refractivity contribution < 1.29 is 33.9 Å². The molecule has 5 N–H and O–H groups in total. The van der Waals surface area contributed by atoms with Crippen LogP contribution >= 0.6 is 0 Å². The SMILES string of the molecule is Cc1cn(CCCNC(=O)C(C)(C)C(C)(C(=O)NCC(C)O)C(C)(C)C(=O)NCCCNC(=O)CCN2C(=O)CC(C)C2=O)nn1. The topological polar surface area (TPSA) is 205 Å². The highest BCUT2D eigenvalue weighted by Gasteiger charge is 2.62. The van der Waals surface area contributed by atoms with E-state index in [2.05, 4.69) is 31.6 Å². The number of nitrogens with one attached hydrogen (secondary N) is 4. The number of hydrogen-bond donors (Lipinski definition) is 5. The van der Waals surface area contributed by atoms with Gasteiger partial charge in [0.15, 0.2) is 0 Å². The molecule has 46 heavy (non-hydrogen) atoms. The maximum absolute atomic E-state index is 13.8. The minimum Gasteiger partial charge on any atom is -0.392 e. The molecule has 1 aromatic heterocycles. The summed E-state index contributed by atoms with van der Waals surface area (Å²) in [6.07, 6.45) is 2.06. The minimum atomic E-state index is -1.57. The lowest BCUT2D eigenvalue weighted by Crippen LogP contribution is -2.65. The zero-order valence-electron chi connectivity index (χ0n) is 28.5. The molecule has 0 spiro atoms. The molecule has 0 radical (unpaired) electrons. The Bertz CT molecular complexity index is 1280. The monoisotopic (exact) mass is 648 g/mol. The molecule has 3 unspecified atom stereocenters. The van der Waals surface area contributed by atoms with Crippen molar-refractivity contribution in [2.24, 2.45) is 22.2 Å². The molecule has 15 nitrogen and oxygen atoms in total. The van der Waals surface area contributed by atoms with Gasteiger partial charge < -0.3 is 26.4 Å². The number of aryl methyl sites for hydroxylation is 2. The van der Waals surface area contributed by atoms with Gasteiger partial charge in [0.25, 0.3) is 0 Å². The number of nitrogens with zero attached hydrogens (tertiary/aromatic N) is 4. The molecule has 1 saturated heterocycles. The molecule has 0 saturated carbocycles. The average Bonchev–Trinajstić information content (AvgIpc) is 3.51. The van der Waals surface area contributed by atoms with Crippen LogP contribution in [-0.4, -0.2) is 99.3 Å². The van der Waals surface area contributed by atoms with E-state index in [1.165, 1.54) is 6.92 Å². The summed E-state index contributed by atoms with van der Waals surface area (Å²) in [4.78, 5) is 78.3. The average molecular weight is 649 g/mol. The van der Waals surface area contributed by atoms with Gasteiger partial charge in [-0.25, -0.2) is 0 Å². The number of carbonyl (C=O) groups excluding carboxylic acids is 6. The standard InChI is InChI=1S/C31H52N8O7/c1-20-17-24(42)39(25(20)43)16-11-23(41)32-12-9-13-33-26(44)29(4,5)31(8,28(46)35-18-22(3)40)30(6,7)27(45)34-14-10-15-38-19-21(2)36-37-38/h19-20,22,40H,9-18H2,1-8H3,(H,32,41)(H,33,44)(H,34,45)(H,35,46). The van der Waals surface area contributed by atoms with Crippen LogP contribution in [0.5, 0.6) is 0 Å². The molecule has 0 bridgehead atoms. The minimum absolute atomic E-state index is 0.0131. The van der Waals surface area contributed by atoms with E-state index in [1.54, 1.807) is 52.4 Å². The Balaban J connectivity index is 1.99. The summed E-state index contributed by atoms with van der Waals surface area (Å²) in [6.45, 7) is 14.3. The predicted molar refractivity (Wildman–Crippen MR) is 168 cm³/mol. The second kappa shape index (κ2) is 16.1. The van der Waals surface area contributed by atoms with Gasteiger partial charge in [0.2, 0.25) is 35.4 Å². The van der Waals surface area contributed by atoms with Crippen LogP contribution in [0, 0.1) is 29.1 Å². The van der Waals surface area contributed by atoms with E-state index in [4.69, 9.17) is 0 Å². The van der Waals surface area contributed by atoms with Crippen LogP contribution in [0.1, 0.15) is 79.8 Å². The lowest BCUT2D eigenvalue weighted by atomic mass is 9.52. The van der Waals surface area contributed by atoms with Crippen molar-refractivity contribution in [3.8, 4) is 0 Å². The van der Waals surface area contributed by atoms with Crippen LogP contribution in [0.3, 0.4) is 0 Å². The fourth-order valence-corrected chi connectivity index (χ4v) is 5.51. The number of hydrogen-bond acceptors (Lipinski definition) is 9. The highest BCUT2D eigenvalue weighted by atomic mass is 16.3. The third-order valence-electron chi connectivity index (χ3n) is 9.14. The Morgan fingerprint density at radius 2 is 1.48 bits per heavy atom. The summed E-state index contributed by atoms with van der Waals surface area (Å²) < 4.78 is 1.68. The first kappa shape index (κ1) is 38.3. The number of aliphatic hydroxyl groups is 1. The van der Waals surface area contributed by atoms with E-state index < -0.39 is 40.1 Å². The molecule has 1 fully saturated rings. The lowest BCUT2D eigenvalue weighted by molar-refractivity contribution is -0.166. The van der Waals surface area contributed by atoms with Crippen molar-refractivity contribution in [3.05, 3.63) is 11.9 Å². The molecule has 2 heterocycles. The number of amides is 6. The quantitative estimate of drug-likeness (QED) is 0.108. The van der Waals surface area contributed by atoms with E-state index in [1.807, 2.05) is 6.92 Å². The molecule has 0 aliphatic carbocycles. The lowest BCUT2D eigenvalue weighted by Gasteiger charge is -2.50. The van der Waals surface area contributed by atoms with Crippen molar-refractivity contribution in [1.82, 2.24) is 41.2 Å². The van der Waals surface area contributed by atoms with Crippen LogP contribution < -0.4 is 21.3 Å². The van der Waals surface area contributed by atoms with Crippen LogP contribution in [0.25, 0.3) is 0 Å². The highest BCUT2D eigenvalue weighted by molar-refractivity contribution is 6.03. The summed E-state index contributed by atoms with van der Waals surface area (Å²) in [5.41, 5.74) is -3.55. The first-order valence-electron chi connectivity index (χ1n) is 15.9. The Hall–Kier alpha value is -3.88. The van der Waals surface area contributed by atoms with E-state index in [0.717, 1.165) is 10.6 Å². The molecule has 1 aliphatic heterocycles. The molecule has 1 aliphatic rings. The first-order valence-corrected chi connectivity index (χ1v) is 15.9. The van der Waals surface area contributed by atoms with Crippen molar-refractivity contribution in [1.29, 1.82) is 0 Å². The summed E-state index contributed by atoms with van der Waals surface area (Å²) in [5, 5.41) is 28.9. The molecule has 1 aromatic rings. The van der Waals surface area contributed by atoms with Gasteiger partial charge in [0.05, 0.1) is 28.0 Å². The summed E-state index contributed by atoms with van der Waals surface area (Å²) >= 11 is 0. The van der Waals surface area contributed by atoms with Gasteiger partial charge in [-0.15, -0.1) is 5.10 Å². The van der Waals surface area contributed by atoms with Gasteiger partial charge in [-0.05, 0) is 61.3 Å². The van der Waals surface area contributed by atoms with E-state index >= 15 is 0 Å². The van der Waals surface area contributed by atoms with Gasteiger partial charge in [0.1, 0.15) is 0 Å². The van der Waals surface area contributed by atoms with Crippen LogP contribution in [0.4, 0.5) is 0 Å². The number of aliphatic hydroxyl groups excluding tert-OH is 1. The first-order chi connectivity index (χ1) is 21.4. The summed E-state index contributed by atoms with van der Waals surface area (Å²) in [5.74, 6) is -2.66. The molecule has 3 atom stereocenters. The smallest absolute Gasteiger partial charge is 0.232 e. The van der Waals surface area contributed by atoms with Crippen molar-refractivity contribution in [2.45, 2.75) is 93.7 Å². The zero-order chi connectivity index (χ0) is 34.9. The molecular formula is C31H52N8O7. The normalized spacial score (nSPS) is 17.3. The molecular weight excluding hydrogens is 596 g/mol. The number of rotatable bonds is 18. The highest BCUT2D eigenvalue weighted by Crippen LogP contribution is 2.52. The summed E-state index contributed by atoms with van der Waals surface area (Å²) in [7, 11) is 0. The van der Waals surface area contributed by atoms with E-state index in [9.17, 15) is 33.9 Å². The Morgan fingerprint density at radius 1 is 0.913 bits per heavy atom. The van der Waals surface area contributed by atoms with E-state index in [0.29, 0.717) is 25.9 Å². The third-order valence-corrected chi connectivity index (χ3v) is 9.14. The predicted octanol–water partition coefficient (Wildman–Crippen LogP) is 0.0561. The Labute approximate surface area is 271 Å². The molecule has 2 rings (SSSR count). The Kier molecular flexibility index (Phi) is 13.4. The molecule has 15 heteroatoms. The van der Waals surface area contributed by atoms with Crippen LogP contribution in [0.15, 0.2) is 6.20 Å². The second-order valence-electron chi connectivity index (χ2n) is 13.4. The largest absolute Gasteiger partial charge is 0.392 e. The van der Waals surface area contributed by atoms with E-state index in [-0.39, 0.29) is 62.7 Å². The van der Waals surface area contributed by atoms with Gasteiger partial charge in [-0.1, -0.05) is 12.1 Å².